The van der Waals surface area contributed by atoms with E-state index in [1.807, 2.05) is 24.3 Å². The number of nitrogens with one attached hydrogen (secondary N) is 1. The molecule has 3 atom stereocenters. The van der Waals surface area contributed by atoms with Crippen molar-refractivity contribution in [2.24, 2.45) is 17.8 Å². The lowest BCUT2D eigenvalue weighted by Crippen LogP contribution is -2.25. The molecule has 1 aromatic heterocycles. The topological polar surface area (TPSA) is 54.9 Å². The van der Waals surface area contributed by atoms with Crippen molar-refractivity contribution in [1.29, 1.82) is 0 Å². The number of nitrogens with zero attached hydrogens (tertiary/aromatic N) is 2. The number of hydrogen-bond acceptors (Lipinski definition) is 5. The Morgan fingerprint density at radius 2 is 2.08 bits per heavy atom. The van der Waals surface area contributed by atoms with E-state index < -0.39 is 0 Å². The van der Waals surface area contributed by atoms with Gasteiger partial charge in [0.1, 0.15) is 0 Å². The van der Waals surface area contributed by atoms with E-state index in [1.54, 1.807) is 11.8 Å². The van der Waals surface area contributed by atoms with E-state index in [0.717, 1.165) is 28.0 Å². The van der Waals surface area contributed by atoms with E-state index in [0.29, 0.717) is 17.0 Å². The van der Waals surface area contributed by atoms with Crippen molar-refractivity contribution in [1.82, 2.24) is 10.2 Å². The van der Waals surface area contributed by atoms with Crippen LogP contribution < -0.4 is 5.32 Å². The number of carbonyl (C=O) groups excluding carboxylic acids is 1. The van der Waals surface area contributed by atoms with Gasteiger partial charge in [0.05, 0.1) is 0 Å². The summed E-state index contributed by atoms with van der Waals surface area (Å²) >= 11 is 8.92. The minimum Gasteiger partial charge on any atom is -0.300 e. The highest BCUT2D eigenvalue weighted by Crippen LogP contribution is 2.44. The number of halogens is 1. The molecular weight excluding hydrogens is 362 g/mol. The highest BCUT2D eigenvalue weighted by molar-refractivity contribution is 8.00. The Bertz CT molecular complexity index is 774. The van der Waals surface area contributed by atoms with Crippen LogP contribution in [0.5, 0.6) is 0 Å². The van der Waals surface area contributed by atoms with Crippen molar-refractivity contribution in [3.05, 3.63) is 47.0 Å². The second-order valence-electron chi connectivity index (χ2n) is 6.16. The fourth-order valence-corrected chi connectivity index (χ4v) is 5.16. The van der Waals surface area contributed by atoms with Gasteiger partial charge in [0.2, 0.25) is 11.0 Å². The summed E-state index contributed by atoms with van der Waals surface area (Å²) in [6.07, 6.45) is 6.51. The first-order valence-electron chi connectivity index (χ1n) is 7.87. The quantitative estimate of drug-likeness (QED) is 0.468. The van der Waals surface area contributed by atoms with Gasteiger partial charge in [0, 0.05) is 16.7 Å². The summed E-state index contributed by atoms with van der Waals surface area (Å²) in [6.45, 7) is 0. The number of fused-ring (bicyclic) bond motifs is 2. The Hall–Kier alpha value is -1.37. The maximum Gasteiger partial charge on any atom is 0.229 e. The Labute approximate surface area is 153 Å². The molecule has 0 saturated heterocycles. The molecule has 2 bridgehead atoms. The van der Waals surface area contributed by atoms with Crippen molar-refractivity contribution < 1.29 is 4.79 Å². The molecule has 3 unspecified atom stereocenters. The smallest absolute Gasteiger partial charge is 0.229 e. The third-order valence-electron chi connectivity index (χ3n) is 4.53. The fourth-order valence-electron chi connectivity index (χ4n) is 3.32. The third-order valence-corrected chi connectivity index (χ3v) is 6.82. The summed E-state index contributed by atoms with van der Waals surface area (Å²) in [7, 11) is 0. The van der Waals surface area contributed by atoms with Gasteiger partial charge in [-0.2, -0.15) is 0 Å². The molecule has 0 spiro atoms. The second-order valence-corrected chi connectivity index (χ2v) is 8.80. The Morgan fingerprint density at radius 1 is 1.25 bits per heavy atom. The van der Waals surface area contributed by atoms with Crippen LogP contribution in [-0.2, 0) is 10.5 Å². The molecule has 2 aliphatic rings. The lowest BCUT2D eigenvalue weighted by molar-refractivity contribution is -0.120. The minimum atomic E-state index is 0.0808. The van der Waals surface area contributed by atoms with E-state index in [4.69, 9.17) is 11.6 Å². The standard InChI is InChI=1S/C17H16ClN3OS2/c18-13-5-2-10(3-6-13)9-23-17-21-20-16(24-17)19-15(22)14-8-11-1-4-12(14)7-11/h1-6,11-12,14H,7-9H2,(H,19,20,22). The minimum absolute atomic E-state index is 0.0808. The van der Waals surface area contributed by atoms with Crippen LogP contribution in [0, 0.1) is 17.8 Å². The Kier molecular flexibility index (Phi) is 4.61. The average molecular weight is 378 g/mol. The summed E-state index contributed by atoms with van der Waals surface area (Å²) in [4.78, 5) is 12.4. The number of thioether (sulfide) groups is 1. The molecule has 0 radical (unpaired) electrons. The van der Waals surface area contributed by atoms with E-state index in [9.17, 15) is 4.79 Å². The van der Waals surface area contributed by atoms with Crippen LogP contribution in [0.4, 0.5) is 5.13 Å². The maximum atomic E-state index is 12.4. The normalized spacial score (nSPS) is 24.5. The van der Waals surface area contributed by atoms with Crippen LogP contribution >= 0.6 is 34.7 Å². The first-order valence-corrected chi connectivity index (χ1v) is 10.1. The summed E-state index contributed by atoms with van der Waals surface area (Å²) in [6, 6.07) is 7.77. The molecule has 1 amide bonds. The fraction of sp³-hybridized carbons (Fsp3) is 0.353. The predicted molar refractivity (Wildman–Crippen MR) is 98.4 cm³/mol. The summed E-state index contributed by atoms with van der Waals surface area (Å²) in [5, 5.41) is 12.5. The molecular formula is C17H16ClN3OS2. The molecule has 7 heteroatoms. The van der Waals surface area contributed by atoms with Gasteiger partial charge >= 0.3 is 0 Å². The molecule has 1 saturated carbocycles. The third kappa shape index (κ3) is 3.50. The number of carbonyl (C=O) groups is 1. The molecule has 4 rings (SSSR count). The van der Waals surface area contributed by atoms with Crippen molar-refractivity contribution in [3.8, 4) is 0 Å². The van der Waals surface area contributed by atoms with Gasteiger partial charge in [0.25, 0.3) is 0 Å². The van der Waals surface area contributed by atoms with Crippen LogP contribution in [-0.4, -0.2) is 16.1 Å². The lowest BCUT2D eigenvalue weighted by atomic mass is 9.93. The number of aromatic nitrogens is 2. The van der Waals surface area contributed by atoms with E-state index >= 15 is 0 Å². The lowest BCUT2D eigenvalue weighted by Gasteiger charge is -2.16. The zero-order chi connectivity index (χ0) is 16.5. The highest BCUT2D eigenvalue weighted by atomic mass is 35.5. The molecule has 1 heterocycles. The van der Waals surface area contributed by atoms with Crippen LogP contribution in [0.3, 0.4) is 0 Å². The number of anilines is 1. The zero-order valence-corrected chi connectivity index (χ0v) is 15.2. The van der Waals surface area contributed by atoms with Crippen molar-refractivity contribution >= 4 is 45.7 Å². The van der Waals surface area contributed by atoms with Gasteiger partial charge in [-0.1, -0.05) is 59.0 Å². The van der Waals surface area contributed by atoms with Gasteiger partial charge < -0.3 is 5.32 Å². The van der Waals surface area contributed by atoms with Gasteiger partial charge in [-0.3, -0.25) is 4.79 Å². The molecule has 24 heavy (non-hydrogen) atoms. The molecule has 0 aliphatic heterocycles. The van der Waals surface area contributed by atoms with Crippen LogP contribution in [0.1, 0.15) is 18.4 Å². The van der Waals surface area contributed by atoms with Crippen molar-refractivity contribution in [3.63, 3.8) is 0 Å². The van der Waals surface area contributed by atoms with Crippen LogP contribution in [0.15, 0.2) is 40.8 Å². The van der Waals surface area contributed by atoms with Gasteiger partial charge in [-0.25, -0.2) is 0 Å². The Morgan fingerprint density at radius 3 is 2.79 bits per heavy atom. The number of amides is 1. The van der Waals surface area contributed by atoms with Crippen LogP contribution in [0.2, 0.25) is 5.02 Å². The first-order chi connectivity index (χ1) is 11.7. The second kappa shape index (κ2) is 6.86. The van der Waals surface area contributed by atoms with Gasteiger partial charge in [-0.15, -0.1) is 10.2 Å². The summed E-state index contributed by atoms with van der Waals surface area (Å²) in [5.74, 6) is 1.97. The molecule has 1 fully saturated rings. The number of allylic oxidation sites excluding steroid dienone is 2. The monoisotopic (exact) mass is 377 g/mol. The van der Waals surface area contributed by atoms with E-state index in [1.165, 1.54) is 16.9 Å². The SMILES string of the molecule is O=C(Nc1nnc(SCc2ccc(Cl)cc2)s1)C1CC2C=CC1C2. The van der Waals surface area contributed by atoms with E-state index in [-0.39, 0.29) is 11.8 Å². The number of hydrogen-bond donors (Lipinski definition) is 1. The highest BCUT2D eigenvalue weighted by Gasteiger charge is 2.39. The molecule has 124 valence electrons. The number of rotatable bonds is 5. The van der Waals surface area contributed by atoms with Crippen molar-refractivity contribution in [2.45, 2.75) is 22.9 Å². The van der Waals surface area contributed by atoms with Gasteiger partial charge in [-0.05, 0) is 42.4 Å². The zero-order valence-electron chi connectivity index (χ0n) is 12.8. The maximum absolute atomic E-state index is 12.4. The van der Waals surface area contributed by atoms with Crippen molar-refractivity contribution in [2.75, 3.05) is 5.32 Å². The summed E-state index contributed by atoms with van der Waals surface area (Å²) in [5.41, 5.74) is 1.18. The molecule has 2 aromatic rings. The van der Waals surface area contributed by atoms with Gasteiger partial charge in [0.15, 0.2) is 4.34 Å². The summed E-state index contributed by atoms with van der Waals surface area (Å²) < 4.78 is 0.855. The molecule has 1 N–H and O–H groups in total. The van der Waals surface area contributed by atoms with E-state index in [2.05, 4.69) is 27.7 Å². The number of benzene rings is 1. The Balaban J connectivity index is 1.32. The molecule has 4 nitrogen and oxygen atoms in total. The molecule has 2 aliphatic carbocycles. The van der Waals surface area contributed by atoms with Crippen LogP contribution in [0.25, 0.3) is 0 Å². The molecule has 1 aromatic carbocycles. The first kappa shape index (κ1) is 16.1. The average Bonchev–Trinajstić information content (AvgIpc) is 3.31. The predicted octanol–water partition coefficient (Wildman–Crippen LogP) is 4.63. The largest absolute Gasteiger partial charge is 0.300 e.